The largest absolute Gasteiger partial charge is 0.457 e. The van der Waals surface area contributed by atoms with E-state index < -0.39 is 22.9 Å². The van der Waals surface area contributed by atoms with E-state index in [0.717, 1.165) is 6.07 Å². The zero-order valence-corrected chi connectivity index (χ0v) is 11.6. The van der Waals surface area contributed by atoms with E-state index in [4.69, 9.17) is 14.7 Å². The van der Waals surface area contributed by atoms with Crippen molar-refractivity contribution < 1.29 is 23.1 Å². The summed E-state index contributed by atoms with van der Waals surface area (Å²) in [4.78, 5) is 26.2. The van der Waals surface area contributed by atoms with Crippen LogP contribution in [0.1, 0.15) is 12.7 Å². The van der Waals surface area contributed by atoms with Gasteiger partial charge in [0.2, 0.25) is 5.76 Å². The average Bonchev–Trinajstić information content (AvgIpc) is 2.48. The first-order valence-electron chi connectivity index (χ1n) is 6.36. The van der Waals surface area contributed by atoms with Crippen LogP contribution < -0.4 is 5.43 Å². The minimum absolute atomic E-state index is 0.0692. The fraction of sp³-hybridized carbons (Fsp3) is 0.133. The molecule has 0 bridgehead atoms. The molecule has 2 rings (SSSR count). The third kappa shape index (κ3) is 3.34. The van der Waals surface area contributed by atoms with Crippen molar-refractivity contribution in [1.29, 1.82) is 0 Å². The standard InChI is InChI=1S/C15H11FN2O4/c1-2-21-15(20)14(18-17)13-8-11(19)7-12(22-13)9-3-5-10(16)6-4-9/h3-8H,2H2,1H3. The number of halogens is 1. The Labute approximate surface area is 124 Å². The van der Waals surface area contributed by atoms with E-state index in [9.17, 15) is 14.0 Å². The Balaban J connectivity index is 2.51. The molecule has 0 aliphatic heterocycles. The summed E-state index contributed by atoms with van der Waals surface area (Å²) >= 11 is 0. The molecule has 1 aromatic carbocycles. The van der Waals surface area contributed by atoms with Crippen LogP contribution in [0.2, 0.25) is 0 Å². The Morgan fingerprint density at radius 1 is 1.32 bits per heavy atom. The molecule has 0 aliphatic carbocycles. The molecule has 0 saturated carbocycles. The Hall–Kier alpha value is -3.05. The van der Waals surface area contributed by atoms with Crippen molar-refractivity contribution in [3.63, 3.8) is 0 Å². The quantitative estimate of drug-likeness (QED) is 0.374. The molecule has 0 unspecified atom stereocenters. The molecule has 7 heteroatoms. The summed E-state index contributed by atoms with van der Waals surface area (Å²) in [7, 11) is 0. The van der Waals surface area contributed by atoms with Crippen LogP contribution in [0.15, 0.2) is 45.6 Å². The minimum Gasteiger partial charge on any atom is -0.457 e. The second kappa shape index (κ2) is 6.60. The number of nitrogens with zero attached hydrogens (tertiary/aromatic N) is 2. The van der Waals surface area contributed by atoms with Crippen molar-refractivity contribution in [2.45, 2.75) is 6.92 Å². The van der Waals surface area contributed by atoms with Gasteiger partial charge in [-0.15, -0.1) is 0 Å². The lowest BCUT2D eigenvalue weighted by Gasteiger charge is -2.02. The van der Waals surface area contributed by atoms with E-state index in [1.54, 1.807) is 6.92 Å². The Morgan fingerprint density at radius 2 is 2.00 bits per heavy atom. The third-order valence-electron chi connectivity index (χ3n) is 2.70. The maximum atomic E-state index is 12.9. The van der Waals surface area contributed by atoms with E-state index in [2.05, 4.69) is 4.79 Å². The first-order valence-corrected chi connectivity index (χ1v) is 6.36. The maximum Gasteiger partial charge on any atom is 0.441 e. The molecule has 0 saturated heterocycles. The van der Waals surface area contributed by atoms with E-state index in [1.807, 2.05) is 0 Å². The van der Waals surface area contributed by atoms with Crippen LogP contribution in [0.5, 0.6) is 0 Å². The number of ether oxygens (including phenoxy) is 1. The van der Waals surface area contributed by atoms with Crippen molar-refractivity contribution in [3.8, 4) is 11.3 Å². The van der Waals surface area contributed by atoms with Gasteiger partial charge in [-0.25, -0.2) is 9.18 Å². The zero-order chi connectivity index (χ0) is 16.1. The van der Waals surface area contributed by atoms with E-state index >= 15 is 0 Å². The summed E-state index contributed by atoms with van der Waals surface area (Å²) in [5.74, 6) is -1.50. The molecule has 22 heavy (non-hydrogen) atoms. The van der Waals surface area contributed by atoms with Gasteiger partial charge in [0.25, 0.3) is 0 Å². The lowest BCUT2D eigenvalue weighted by Crippen LogP contribution is -2.21. The van der Waals surface area contributed by atoms with Crippen LogP contribution >= 0.6 is 0 Å². The van der Waals surface area contributed by atoms with Crippen molar-refractivity contribution in [3.05, 3.63) is 63.7 Å². The third-order valence-corrected chi connectivity index (χ3v) is 2.70. The van der Waals surface area contributed by atoms with Gasteiger partial charge in [0.05, 0.1) is 6.61 Å². The molecule has 0 fully saturated rings. The van der Waals surface area contributed by atoms with E-state index in [1.165, 1.54) is 30.3 Å². The fourth-order valence-electron chi connectivity index (χ4n) is 1.74. The topological polar surface area (TPSA) is 92.9 Å². The van der Waals surface area contributed by atoms with E-state index in [0.29, 0.717) is 5.56 Å². The van der Waals surface area contributed by atoms with Gasteiger partial charge >= 0.3 is 11.7 Å². The second-order valence-electron chi connectivity index (χ2n) is 4.20. The summed E-state index contributed by atoms with van der Waals surface area (Å²) in [5.41, 5.74) is 8.38. The monoisotopic (exact) mass is 302 g/mol. The number of benzene rings is 1. The van der Waals surface area contributed by atoms with Crippen molar-refractivity contribution in [2.24, 2.45) is 0 Å². The number of carbonyl (C=O) groups excluding carboxylic acids is 1. The predicted molar refractivity (Wildman–Crippen MR) is 74.7 cm³/mol. The van der Waals surface area contributed by atoms with Gasteiger partial charge in [-0.05, 0) is 31.2 Å². The Bertz CT molecular complexity index is 805. The summed E-state index contributed by atoms with van der Waals surface area (Å²) < 4.78 is 23.0. The predicted octanol–water partition coefficient (Wildman–Crippen LogP) is 2.03. The molecule has 2 aromatic rings. The van der Waals surface area contributed by atoms with Crippen LogP contribution in [0.25, 0.3) is 16.9 Å². The molecule has 0 N–H and O–H groups in total. The molecule has 0 aliphatic rings. The van der Waals surface area contributed by atoms with Gasteiger partial charge in [0.15, 0.2) is 5.43 Å². The van der Waals surface area contributed by atoms with Crippen LogP contribution in [0.3, 0.4) is 0 Å². The van der Waals surface area contributed by atoms with Gasteiger partial charge in [0, 0.05) is 17.7 Å². The maximum absolute atomic E-state index is 12.9. The lowest BCUT2D eigenvalue weighted by atomic mass is 10.1. The molecule has 0 radical (unpaired) electrons. The highest BCUT2D eigenvalue weighted by molar-refractivity contribution is 6.39. The summed E-state index contributed by atoms with van der Waals surface area (Å²) in [6.45, 7) is 1.65. The number of esters is 1. The molecule has 0 spiro atoms. The molecule has 1 aromatic heterocycles. The number of hydrogen-bond acceptors (Lipinski definition) is 4. The average molecular weight is 302 g/mol. The van der Waals surface area contributed by atoms with Crippen LogP contribution in [0, 0.1) is 5.82 Å². The fourth-order valence-corrected chi connectivity index (χ4v) is 1.74. The SMILES string of the molecule is CCOC(=O)C(=[N+]=[N-])c1cc(=O)cc(-c2ccc(F)cc2)o1. The Morgan fingerprint density at radius 3 is 2.59 bits per heavy atom. The highest BCUT2D eigenvalue weighted by Gasteiger charge is 2.28. The summed E-state index contributed by atoms with van der Waals surface area (Å²) in [6.07, 6.45) is 0. The number of carbonyl (C=O) groups is 1. The minimum atomic E-state index is -0.926. The normalized spacial score (nSPS) is 9.91. The van der Waals surface area contributed by atoms with Crippen molar-refractivity contribution >= 4 is 11.7 Å². The van der Waals surface area contributed by atoms with Crippen molar-refractivity contribution in [1.82, 2.24) is 0 Å². The first-order chi connectivity index (χ1) is 10.5. The molecule has 0 amide bonds. The Kier molecular flexibility index (Phi) is 4.60. The van der Waals surface area contributed by atoms with Crippen LogP contribution in [-0.2, 0) is 9.53 Å². The van der Waals surface area contributed by atoms with Crippen LogP contribution in [0.4, 0.5) is 4.39 Å². The molecule has 6 nitrogen and oxygen atoms in total. The molecule has 0 atom stereocenters. The van der Waals surface area contributed by atoms with Gasteiger partial charge in [-0.1, -0.05) is 0 Å². The second-order valence-corrected chi connectivity index (χ2v) is 4.20. The van der Waals surface area contributed by atoms with Gasteiger partial charge in [-0.2, -0.15) is 4.79 Å². The molecular weight excluding hydrogens is 291 g/mol. The lowest BCUT2D eigenvalue weighted by molar-refractivity contribution is -0.139. The van der Waals surface area contributed by atoms with Gasteiger partial charge < -0.3 is 14.7 Å². The summed E-state index contributed by atoms with van der Waals surface area (Å²) in [6, 6.07) is 7.41. The molecular formula is C15H11FN2O4. The molecule has 1 heterocycles. The molecule has 112 valence electrons. The number of hydrogen-bond donors (Lipinski definition) is 0. The highest BCUT2D eigenvalue weighted by Crippen LogP contribution is 2.19. The smallest absolute Gasteiger partial charge is 0.441 e. The van der Waals surface area contributed by atoms with Crippen molar-refractivity contribution in [2.75, 3.05) is 6.61 Å². The van der Waals surface area contributed by atoms with Gasteiger partial charge in [0.1, 0.15) is 11.6 Å². The highest BCUT2D eigenvalue weighted by atomic mass is 19.1. The summed E-state index contributed by atoms with van der Waals surface area (Å²) in [5, 5.41) is 0. The van der Waals surface area contributed by atoms with Gasteiger partial charge in [-0.3, -0.25) is 4.79 Å². The first kappa shape index (κ1) is 15.3. The van der Waals surface area contributed by atoms with Crippen LogP contribution in [-0.4, -0.2) is 23.1 Å². The van der Waals surface area contributed by atoms with E-state index in [-0.39, 0.29) is 18.1 Å². The zero-order valence-electron chi connectivity index (χ0n) is 11.6. The number of rotatable bonds is 4.